The Morgan fingerprint density at radius 3 is 2.17 bits per heavy atom. The van der Waals surface area contributed by atoms with E-state index in [0.717, 1.165) is 23.6 Å². The first-order valence-corrected chi connectivity index (χ1v) is 10.7. The fraction of sp³-hybridized carbons (Fsp3) is 0.350. The number of ether oxygens (including phenoxy) is 1. The predicted molar refractivity (Wildman–Crippen MR) is 108 cm³/mol. The number of benzene rings is 2. The van der Waals surface area contributed by atoms with E-state index in [4.69, 9.17) is 4.74 Å². The molecule has 7 nitrogen and oxygen atoms in total. The van der Waals surface area contributed by atoms with E-state index in [1.807, 2.05) is 24.3 Å². The molecular weight excluding hydrogens is 397 g/mol. The quantitative estimate of drug-likeness (QED) is 0.770. The van der Waals surface area contributed by atoms with Crippen molar-refractivity contribution in [3.63, 3.8) is 0 Å². The molecule has 0 aromatic heterocycles. The largest absolute Gasteiger partial charge is 0.497 e. The van der Waals surface area contributed by atoms with Crippen LogP contribution >= 0.6 is 0 Å². The maximum atomic E-state index is 13.0. The molecular formula is C20H24FN3O4S. The number of methoxy groups -OCH3 is 1. The Morgan fingerprint density at radius 1 is 1.03 bits per heavy atom. The monoisotopic (exact) mass is 421 g/mol. The van der Waals surface area contributed by atoms with Crippen LogP contribution in [-0.2, 0) is 14.8 Å². The average molecular weight is 421 g/mol. The number of carbonyl (C=O) groups excluding carboxylic acids is 1. The van der Waals surface area contributed by atoms with Gasteiger partial charge in [-0.05, 0) is 55.5 Å². The minimum Gasteiger partial charge on any atom is -0.497 e. The third-order valence-corrected chi connectivity index (χ3v) is 6.41. The molecule has 29 heavy (non-hydrogen) atoms. The first kappa shape index (κ1) is 21.1. The van der Waals surface area contributed by atoms with Crippen LogP contribution in [-0.4, -0.2) is 58.6 Å². The third kappa shape index (κ3) is 5.04. The van der Waals surface area contributed by atoms with Gasteiger partial charge in [0.15, 0.2) is 0 Å². The number of carbonyl (C=O) groups is 1. The number of halogens is 1. The second-order valence-electron chi connectivity index (χ2n) is 6.81. The van der Waals surface area contributed by atoms with Crippen molar-refractivity contribution in [1.29, 1.82) is 0 Å². The van der Waals surface area contributed by atoms with E-state index in [1.165, 1.54) is 19.1 Å². The molecule has 1 N–H and O–H groups in total. The Balaban J connectivity index is 1.57. The highest BCUT2D eigenvalue weighted by atomic mass is 32.2. The molecule has 0 saturated carbocycles. The van der Waals surface area contributed by atoms with Crippen LogP contribution < -0.4 is 14.4 Å². The van der Waals surface area contributed by atoms with Crippen molar-refractivity contribution in [2.24, 2.45) is 0 Å². The number of amides is 1. The van der Waals surface area contributed by atoms with Crippen molar-refractivity contribution in [3.8, 4) is 5.75 Å². The lowest BCUT2D eigenvalue weighted by Gasteiger charge is -2.37. The van der Waals surface area contributed by atoms with E-state index >= 15 is 0 Å². The van der Waals surface area contributed by atoms with Crippen molar-refractivity contribution in [2.45, 2.75) is 17.9 Å². The summed E-state index contributed by atoms with van der Waals surface area (Å²) in [5.74, 6) is -0.0299. The number of rotatable bonds is 6. The normalized spacial score (nSPS) is 15.8. The van der Waals surface area contributed by atoms with Crippen LogP contribution in [0, 0.1) is 5.82 Å². The lowest BCUT2D eigenvalue weighted by Crippen LogP contribution is -2.54. The lowest BCUT2D eigenvalue weighted by molar-refractivity contribution is -0.132. The Morgan fingerprint density at radius 2 is 1.62 bits per heavy atom. The molecule has 0 aliphatic carbocycles. The highest BCUT2D eigenvalue weighted by molar-refractivity contribution is 7.89. The highest BCUT2D eigenvalue weighted by Gasteiger charge is 2.28. The number of nitrogens with zero attached hydrogens (tertiary/aromatic N) is 2. The summed E-state index contributed by atoms with van der Waals surface area (Å²) in [4.78, 5) is 16.4. The molecule has 0 unspecified atom stereocenters. The topological polar surface area (TPSA) is 79.0 Å². The third-order valence-electron chi connectivity index (χ3n) is 4.86. The van der Waals surface area contributed by atoms with E-state index in [1.54, 1.807) is 12.0 Å². The molecule has 1 aliphatic rings. The minimum absolute atomic E-state index is 0.0807. The summed E-state index contributed by atoms with van der Waals surface area (Å²) >= 11 is 0. The second-order valence-corrected chi connectivity index (χ2v) is 8.52. The molecule has 156 valence electrons. The Hall–Kier alpha value is -2.65. The van der Waals surface area contributed by atoms with Gasteiger partial charge in [-0.15, -0.1) is 0 Å². The predicted octanol–water partition coefficient (Wildman–Crippen LogP) is 1.85. The average Bonchev–Trinajstić information content (AvgIpc) is 2.73. The van der Waals surface area contributed by atoms with Gasteiger partial charge in [-0.25, -0.2) is 12.8 Å². The van der Waals surface area contributed by atoms with Crippen molar-refractivity contribution in [1.82, 2.24) is 9.62 Å². The Bertz CT molecular complexity index is 941. The minimum atomic E-state index is -3.91. The zero-order valence-corrected chi connectivity index (χ0v) is 17.2. The number of anilines is 1. The maximum Gasteiger partial charge on any atom is 0.241 e. The summed E-state index contributed by atoms with van der Waals surface area (Å²) in [7, 11) is -2.29. The summed E-state index contributed by atoms with van der Waals surface area (Å²) in [5.41, 5.74) is 1.04. The molecule has 1 saturated heterocycles. The summed E-state index contributed by atoms with van der Waals surface area (Å²) in [5, 5.41) is 0. The lowest BCUT2D eigenvalue weighted by atomic mass is 10.2. The second kappa shape index (κ2) is 8.79. The first-order chi connectivity index (χ1) is 13.8. The number of sulfonamides is 1. The summed E-state index contributed by atoms with van der Waals surface area (Å²) in [6.45, 7) is 3.80. The van der Waals surface area contributed by atoms with E-state index in [2.05, 4.69) is 9.62 Å². The van der Waals surface area contributed by atoms with Crippen LogP contribution in [0.1, 0.15) is 6.92 Å². The molecule has 0 spiro atoms. The number of nitrogens with one attached hydrogen (secondary N) is 1. The van der Waals surface area contributed by atoms with Crippen LogP contribution in [0.4, 0.5) is 10.1 Å². The standard InChI is InChI=1S/C20H24FN3O4S/c1-15(22-29(26,27)19-9-3-16(21)4-10-19)20(25)24-13-11-23(12-14-24)17-5-7-18(28-2)8-6-17/h3-10,15,22H,11-14H2,1-2H3/t15-/m0/s1. The fourth-order valence-electron chi connectivity index (χ4n) is 3.22. The smallest absolute Gasteiger partial charge is 0.241 e. The fourth-order valence-corrected chi connectivity index (χ4v) is 4.41. The molecule has 2 aromatic carbocycles. The number of piperazine rings is 1. The molecule has 2 aromatic rings. The van der Waals surface area contributed by atoms with Crippen LogP contribution in [0.25, 0.3) is 0 Å². The Kier molecular flexibility index (Phi) is 6.39. The van der Waals surface area contributed by atoms with Gasteiger partial charge in [0.05, 0.1) is 18.0 Å². The van der Waals surface area contributed by atoms with Crippen LogP contribution in [0.2, 0.25) is 0 Å². The zero-order valence-electron chi connectivity index (χ0n) is 16.3. The van der Waals surface area contributed by atoms with E-state index in [-0.39, 0.29) is 10.8 Å². The molecule has 0 bridgehead atoms. The molecule has 9 heteroatoms. The van der Waals surface area contributed by atoms with Gasteiger partial charge in [0.2, 0.25) is 15.9 Å². The zero-order chi connectivity index (χ0) is 21.0. The van der Waals surface area contributed by atoms with Crippen molar-refractivity contribution in [2.75, 3.05) is 38.2 Å². The number of hydrogen-bond donors (Lipinski definition) is 1. The van der Waals surface area contributed by atoms with Gasteiger partial charge in [-0.3, -0.25) is 4.79 Å². The van der Waals surface area contributed by atoms with Crippen molar-refractivity contribution >= 4 is 21.6 Å². The first-order valence-electron chi connectivity index (χ1n) is 9.26. The highest BCUT2D eigenvalue weighted by Crippen LogP contribution is 2.21. The Labute approximate surface area is 170 Å². The number of hydrogen-bond acceptors (Lipinski definition) is 5. The molecule has 1 heterocycles. The van der Waals surface area contributed by atoms with E-state index in [9.17, 15) is 17.6 Å². The van der Waals surface area contributed by atoms with Gasteiger partial charge in [-0.2, -0.15) is 4.72 Å². The van der Waals surface area contributed by atoms with Gasteiger partial charge in [-0.1, -0.05) is 0 Å². The SMILES string of the molecule is COc1ccc(N2CCN(C(=O)[C@H](C)NS(=O)(=O)c3ccc(F)cc3)CC2)cc1. The molecule has 0 radical (unpaired) electrons. The molecule has 3 rings (SSSR count). The van der Waals surface area contributed by atoms with Gasteiger partial charge < -0.3 is 14.5 Å². The maximum absolute atomic E-state index is 13.0. The molecule has 1 atom stereocenters. The van der Waals surface area contributed by atoms with Gasteiger partial charge in [0.1, 0.15) is 11.6 Å². The van der Waals surface area contributed by atoms with Crippen LogP contribution in [0.15, 0.2) is 53.4 Å². The van der Waals surface area contributed by atoms with Crippen LogP contribution in [0.5, 0.6) is 5.75 Å². The van der Waals surface area contributed by atoms with E-state index < -0.39 is 21.9 Å². The summed E-state index contributed by atoms with van der Waals surface area (Å²) < 4.78 is 45.4. The molecule has 1 aliphatic heterocycles. The van der Waals surface area contributed by atoms with Crippen LogP contribution in [0.3, 0.4) is 0 Å². The van der Waals surface area contributed by atoms with Crippen molar-refractivity contribution < 1.29 is 22.3 Å². The van der Waals surface area contributed by atoms with Gasteiger partial charge in [0, 0.05) is 31.9 Å². The summed E-state index contributed by atoms with van der Waals surface area (Å²) in [6.07, 6.45) is 0. The van der Waals surface area contributed by atoms with E-state index in [0.29, 0.717) is 26.2 Å². The van der Waals surface area contributed by atoms with Gasteiger partial charge in [0.25, 0.3) is 0 Å². The van der Waals surface area contributed by atoms with Gasteiger partial charge >= 0.3 is 0 Å². The summed E-state index contributed by atoms with van der Waals surface area (Å²) in [6, 6.07) is 11.3. The van der Waals surface area contributed by atoms with Crippen molar-refractivity contribution in [3.05, 3.63) is 54.3 Å². The molecule has 1 fully saturated rings. The molecule has 1 amide bonds.